The second-order valence-electron chi connectivity index (χ2n) is 6.41. The lowest BCUT2D eigenvalue weighted by Crippen LogP contribution is -2.34. The highest BCUT2D eigenvalue weighted by molar-refractivity contribution is 7.20. The molecule has 0 aliphatic heterocycles. The van der Waals surface area contributed by atoms with Gasteiger partial charge in [0.05, 0.1) is 5.39 Å². The van der Waals surface area contributed by atoms with Crippen LogP contribution in [0.5, 0.6) is 5.06 Å². The molecule has 0 unspecified atom stereocenters. The van der Waals surface area contributed by atoms with Crippen LogP contribution in [0.15, 0.2) is 30.3 Å². The monoisotopic (exact) mass is 386 g/mol. The number of carbonyl (C=O) groups is 2. The summed E-state index contributed by atoms with van der Waals surface area (Å²) in [5.74, 6) is 0.0519. The molecule has 0 radical (unpaired) electrons. The molecule has 0 atom stereocenters. The predicted octanol–water partition coefficient (Wildman–Crippen LogP) is 3.58. The van der Waals surface area contributed by atoms with Crippen molar-refractivity contribution >= 4 is 39.4 Å². The fraction of sp³-hybridized carbons (Fsp3) is 0.278. The van der Waals surface area contributed by atoms with E-state index < -0.39 is 6.16 Å². The highest BCUT2D eigenvalue weighted by Crippen LogP contribution is 2.34. The van der Waals surface area contributed by atoms with Gasteiger partial charge in [-0.2, -0.15) is 5.10 Å². The van der Waals surface area contributed by atoms with E-state index in [1.165, 1.54) is 25.3 Å². The Hall–Kier alpha value is -2.91. The SMILES string of the molecule is O=C(O)Oc1cc2c(NC(=O)c3ccc(CNC4CCC4)cc3)n[nH]c2s1. The third kappa shape index (κ3) is 3.93. The number of H-pyrrole nitrogens is 1. The number of carbonyl (C=O) groups excluding carboxylic acids is 1. The van der Waals surface area contributed by atoms with Gasteiger partial charge in [0.2, 0.25) is 0 Å². The van der Waals surface area contributed by atoms with Crippen LogP contribution in [0.4, 0.5) is 10.6 Å². The summed E-state index contributed by atoms with van der Waals surface area (Å²) < 4.78 is 4.64. The lowest BCUT2D eigenvalue weighted by Gasteiger charge is -2.26. The van der Waals surface area contributed by atoms with E-state index >= 15 is 0 Å². The third-order valence-electron chi connectivity index (χ3n) is 4.57. The average molecular weight is 386 g/mol. The topological polar surface area (TPSA) is 116 Å². The molecule has 0 saturated heterocycles. The summed E-state index contributed by atoms with van der Waals surface area (Å²) in [7, 11) is 0. The number of thiophene rings is 1. The number of carboxylic acid groups (broad SMARTS) is 1. The molecule has 1 aromatic carbocycles. The van der Waals surface area contributed by atoms with Gasteiger partial charge in [-0.05, 0) is 30.5 Å². The molecule has 140 valence electrons. The van der Waals surface area contributed by atoms with Crippen LogP contribution in [0, 0.1) is 0 Å². The third-order valence-corrected chi connectivity index (χ3v) is 5.49. The molecule has 1 amide bonds. The van der Waals surface area contributed by atoms with Crippen molar-refractivity contribution in [3.63, 3.8) is 0 Å². The molecule has 3 aromatic rings. The van der Waals surface area contributed by atoms with Gasteiger partial charge in [0.1, 0.15) is 4.83 Å². The number of anilines is 1. The van der Waals surface area contributed by atoms with Crippen molar-refractivity contribution < 1.29 is 19.4 Å². The van der Waals surface area contributed by atoms with Gasteiger partial charge in [-0.25, -0.2) is 4.79 Å². The fourth-order valence-electron chi connectivity index (χ4n) is 2.85. The Morgan fingerprint density at radius 3 is 2.74 bits per heavy atom. The molecule has 27 heavy (non-hydrogen) atoms. The van der Waals surface area contributed by atoms with Gasteiger partial charge in [0.15, 0.2) is 10.9 Å². The number of nitrogens with one attached hydrogen (secondary N) is 3. The van der Waals surface area contributed by atoms with Crippen molar-refractivity contribution in [2.45, 2.75) is 31.8 Å². The Labute approximate surface area is 158 Å². The molecule has 1 saturated carbocycles. The van der Waals surface area contributed by atoms with Crippen LogP contribution >= 0.6 is 11.3 Å². The van der Waals surface area contributed by atoms with Gasteiger partial charge in [0.25, 0.3) is 5.91 Å². The summed E-state index contributed by atoms with van der Waals surface area (Å²) in [6.45, 7) is 0.799. The van der Waals surface area contributed by atoms with Gasteiger partial charge in [-0.15, -0.1) is 0 Å². The molecule has 9 heteroatoms. The Morgan fingerprint density at radius 1 is 1.30 bits per heavy atom. The normalized spacial score (nSPS) is 14.1. The maximum absolute atomic E-state index is 12.5. The molecule has 1 aliphatic rings. The van der Waals surface area contributed by atoms with Crippen LogP contribution < -0.4 is 15.4 Å². The van der Waals surface area contributed by atoms with Gasteiger partial charge >= 0.3 is 6.16 Å². The number of benzene rings is 1. The van der Waals surface area contributed by atoms with Crippen LogP contribution in [-0.4, -0.2) is 33.4 Å². The van der Waals surface area contributed by atoms with Crippen molar-refractivity contribution in [2.24, 2.45) is 0 Å². The van der Waals surface area contributed by atoms with Crippen molar-refractivity contribution in [3.05, 3.63) is 41.5 Å². The molecule has 0 spiro atoms. The van der Waals surface area contributed by atoms with Gasteiger partial charge in [-0.1, -0.05) is 29.9 Å². The second kappa shape index (κ2) is 7.37. The minimum atomic E-state index is -1.38. The molecule has 8 nitrogen and oxygen atoms in total. The summed E-state index contributed by atoms with van der Waals surface area (Å²) in [6.07, 6.45) is 2.39. The van der Waals surface area contributed by atoms with Gasteiger partial charge in [-0.3, -0.25) is 9.89 Å². The number of aromatic amines is 1. The number of hydrogen-bond acceptors (Lipinski definition) is 6. The van der Waals surface area contributed by atoms with E-state index in [4.69, 9.17) is 5.11 Å². The van der Waals surface area contributed by atoms with E-state index in [2.05, 4.69) is 25.6 Å². The molecule has 2 heterocycles. The first-order valence-corrected chi connectivity index (χ1v) is 9.42. The number of amides is 1. The number of nitrogens with zero attached hydrogens (tertiary/aromatic N) is 1. The first-order valence-electron chi connectivity index (χ1n) is 8.61. The highest BCUT2D eigenvalue weighted by Gasteiger charge is 2.17. The van der Waals surface area contributed by atoms with Gasteiger partial charge in [0, 0.05) is 24.2 Å². The van der Waals surface area contributed by atoms with Crippen LogP contribution in [0.25, 0.3) is 10.2 Å². The first kappa shape index (κ1) is 17.5. The van der Waals surface area contributed by atoms with E-state index in [9.17, 15) is 9.59 Å². The standard InChI is InChI=1S/C18H18N4O4S/c23-16(11-6-4-10(5-7-11)9-19-12-2-1-3-12)20-15-13-8-14(26-18(24)25)27-17(13)22-21-15/h4-8,12,19H,1-3,9H2,(H,24,25)(H2,20,21,22,23). The molecule has 0 bridgehead atoms. The molecular weight excluding hydrogens is 368 g/mol. The van der Waals surface area contributed by atoms with E-state index in [1.54, 1.807) is 12.1 Å². The van der Waals surface area contributed by atoms with E-state index in [-0.39, 0.29) is 11.0 Å². The zero-order chi connectivity index (χ0) is 18.8. The number of fused-ring (bicyclic) bond motifs is 1. The number of aromatic nitrogens is 2. The Kier molecular flexibility index (Phi) is 4.78. The van der Waals surface area contributed by atoms with Crippen molar-refractivity contribution in [1.82, 2.24) is 15.5 Å². The number of ether oxygens (including phenoxy) is 1. The first-order chi connectivity index (χ1) is 13.1. The minimum absolute atomic E-state index is 0.213. The van der Waals surface area contributed by atoms with Crippen LogP contribution in [0.1, 0.15) is 35.2 Å². The molecule has 4 rings (SSSR count). The lowest BCUT2D eigenvalue weighted by atomic mass is 9.93. The van der Waals surface area contributed by atoms with Gasteiger partial charge < -0.3 is 20.5 Å². The molecule has 1 aliphatic carbocycles. The van der Waals surface area contributed by atoms with Crippen molar-refractivity contribution in [2.75, 3.05) is 5.32 Å². The summed E-state index contributed by atoms with van der Waals surface area (Å²) in [5, 5.41) is 22.6. The van der Waals surface area contributed by atoms with Crippen LogP contribution in [0.2, 0.25) is 0 Å². The molecule has 2 aromatic heterocycles. The highest BCUT2D eigenvalue weighted by atomic mass is 32.1. The zero-order valence-corrected chi connectivity index (χ0v) is 15.1. The summed E-state index contributed by atoms with van der Waals surface area (Å²) >= 11 is 1.11. The molecule has 4 N–H and O–H groups in total. The Balaban J connectivity index is 1.41. The van der Waals surface area contributed by atoms with E-state index in [0.717, 1.165) is 23.4 Å². The van der Waals surface area contributed by atoms with Crippen molar-refractivity contribution in [3.8, 4) is 5.06 Å². The van der Waals surface area contributed by atoms with E-state index in [0.29, 0.717) is 27.6 Å². The largest absolute Gasteiger partial charge is 0.512 e. The number of rotatable bonds is 6. The van der Waals surface area contributed by atoms with Crippen LogP contribution in [-0.2, 0) is 6.54 Å². The van der Waals surface area contributed by atoms with Crippen molar-refractivity contribution in [1.29, 1.82) is 0 Å². The Morgan fingerprint density at radius 2 is 2.07 bits per heavy atom. The molecular formula is C18H18N4O4S. The summed E-state index contributed by atoms with van der Waals surface area (Å²) in [6, 6.07) is 9.58. The molecule has 1 fully saturated rings. The quantitative estimate of drug-likeness (QED) is 0.481. The average Bonchev–Trinajstić information content (AvgIpc) is 3.14. The predicted molar refractivity (Wildman–Crippen MR) is 101 cm³/mol. The Bertz CT molecular complexity index is 975. The van der Waals surface area contributed by atoms with E-state index in [1.807, 2.05) is 12.1 Å². The minimum Gasteiger partial charge on any atom is -0.449 e. The summed E-state index contributed by atoms with van der Waals surface area (Å²) in [4.78, 5) is 23.7. The maximum atomic E-state index is 12.5. The second-order valence-corrected chi connectivity index (χ2v) is 7.42. The fourth-order valence-corrected chi connectivity index (χ4v) is 3.70. The maximum Gasteiger partial charge on any atom is 0.512 e. The zero-order valence-electron chi connectivity index (χ0n) is 14.3. The lowest BCUT2D eigenvalue weighted by molar-refractivity contribution is 0.102. The smallest absolute Gasteiger partial charge is 0.449 e. The van der Waals surface area contributed by atoms with Crippen LogP contribution in [0.3, 0.4) is 0 Å². The summed E-state index contributed by atoms with van der Waals surface area (Å²) in [5.41, 5.74) is 1.66. The number of hydrogen-bond donors (Lipinski definition) is 4.